The lowest BCUT2D eigenvalue weighted by atomic mass is 9.49. The van der Waals surface area contributed by atoms with Crippen LogP contribution < -0.4 is 10.6 Å². The first-order valence-corrected chi connectivity index (χ1v) is 7.69. The molecule has 0 spiro atoms. The summed E-state index contributed by atoms with van der Waals surface area (Å²) in [4.78, 5) is 35.5. The van der Waals surface area contributed by atoms with E-state index >= 15 is 0 Å². The van der Waals surface area contributed by atoms with E-state index in [-0.39, 0.29) is 29.6 Å². The number of hydrogen-bond donors (Lipinski definition) is 2. The van der Waals surface area contributed by atoms with Crippen molar-refractivity contribution >= 4 is 17.7 Å². The summed E-state index contributed by atoms with van der Waals surface area (Å²) in [7, 11) is 0. The number of rotatable bonds is 2. The summed E-state index contributed by atoms with van der Waals surface area (Å²) in [5.74, 6) is 1.48. The summed E-state index contributed by atoms with van der Waals surface area (Å²) >= 11 is 0. The van der Waals surface area contributed by atoms with Crippen LogP contribution in [-0.4, -0.2) is 23.8 Å². The fourth-order valence-corrected chi connectivity index (χ4v) is 5.37. The quantitative estimate of drug-likeness (QED) is 0.730. The van der Waals surface area contributed by atoms with Gasteiger partial charge in [0, 0.05) is 5.41 Å². The Bertz CT molecular complexity index is 464. The maximum absolute atomic E-state index is 12.7. The molecule has 4 saturated carbocycles. The Morgan fingerprint density at radius 3 is 2.05 bits per heavy atom. The molecule has 1 heterocycles. The van der Waals surface area contributed by atoms with Crippen molar-refractivity contribution in [2.45, 2.75) is 51.0 Å². The number of nitrogens with one attached hydrogen (secondary N) is 2. The van der Waals surface area contributed by atoms with Crippen molar-refractivity contribution in [1.29, 1.82) is 0 Å². The first kappa shape index (κ1) is 12.4. The second-order valence-electron chi connectivity index (χ2n) is 7.34. The molecule has 5 heteroatoms. The molecular formula is C15H20N2O3. The van der Waals surface area contributed by atoms with Crippen LogP contribution in [0, 0.1) is 23.2 Å². The summed E-state index contributed by atoms with van der Waals surface area (Å²) in [5.41, 5.74) is -0.249. The summed E-state index contributed by atoms with van der Waals surface area (Å²) in [6.45, 7) is 0. The highest BCUT2D eigenvalue weighted by atomic mass is 16.2. The summed E-state index contributed by atoms with van der Waals surface area (Å²) < 4.78 is 0. The second kappa shape index (κ2) is 4.06. The maximum Gasteiger partial charge on any atom is 0.249 e. The highest BCUT2D eigenvalue weighted by Gasteiger charge is 2.55. The molecule has 2 N–H and O–H groups in total. The normalized spacial score (nSPS) is 45.6. The van der Waals surface area contributed by atoms with E-state index in [1.807, 2.05) is 0 Å². The molecule has 20 heavy (non-hydrogen) atoms. The van der Waals surface area contributed by atoms with Crippen molar-refractivity contribution in [3.05, 3.63) is 0 Å². The van der Waals surface area contributed by atoms with Crippen LogP contribution in [0.2, 0.25) is 0 Å². The van der Waals surface area contributed by atoms with Gasteiger partial charge in [0.05, 0.1) is 6.42 Å². The van der Waals surface area contributed by atoms with Gasteiger partial charge in [-0.3, -0.25) is 19.7 Å². The molecule has 5 aliphatic rings. The van der Waals surface area contributed by atoms with Crippen LogP contribution in [0.25, 0.3) is 0 Å². The fourth-order valence-electron chi connectivity index (χ4n) is 5.37. The minimum atomic E-state index is -0.650. The molecule has 1 aliphatic heterocycles. The standard InChI is InChI=1S/C15H20N2O3/c18-12-4-11(13(19)17-12)16-14(20)15-5-8-1-9(6-15)3-10(2-8)7-15/h8-11H,1-7H2,(H,16,20)(H,17,18,19). The molecule has 5 nitrogen and oxygen atoms in total. The van der Waals surface area contributed by atoms with Crippen molar-refractivity contribution in [2.24, 2.45) is 23.2 Å². The van der Waals surface area contributed by atoms with Crippen molar-refractivity contribution in [2.75, 3.05) is 0 Å². The van der Waals surface area contributed by atoms with E-state index < -0.39 is 6.04 Å². The molecule has 108 valence electrons. The van der Waals surface area contributed by atoms with E-state index in [1.54, 1.807) is 0 Å². The van der Waals surface area contributed by atoms with Crippen LogP contribution in [0.1, 0.15) is 44.9 Å². The molecule has 0 aromatic carbocycles. The Balaban J connectivity index is 1.51. The van der Waals surface area contributed by atoms with Gasteiger partial charge in [-0.05, 0) is 56.3 Å². The van der Waals surface area contributed by atoms with Gasteiger partial charge >= 0.3 is 0 Å². The molecule has 1 saturated heterocycles. The zero-order valence-corrected chi connectivity index (χ0v) is 11.5. The van der Waals surface area contributed by atoms with Crippen molar-refractivity contribution < 1.29 is 14.4 Å². The van der Waals surface area contributed by atoms with Crippen LogP contribution in [0.4, 0.5) is 0 Å². The van der Waals surface area contributed by atoms with Crippen LogP contribution in [0.3, 0.4) is 0 Å². The number of imide groups is 1. The first-order valence-electron chi connectivity index (χ1n) is 7.69. The van der Waals surface area contributed by atoms with Crippen molar-refractivity contribution in [1.82, 2.24) is 10.6 Å². The smallest absolute Gasteiger partial charge is 0.249 e. The SMILES string of the molecule is O=C1CC(NC(=O)C23CC4CC(CC(C4)C2)C3)C(=O)N1. The third-order valence-electron chi connectivity index (χ3n) is 5.79. The molecule has 5 fully saturated rings. The minimum absolute atomic E-state index is 0.0199. The summed E-state index contributed by atoms with van der Waals surface area (Å²) in [6.07, 6.45) is 6.89. The Morgan fingerprint density at radius 1 is 1.05 bits per heavy atom. The van der Waals surface area contributed by atoms with Gasteiger partial charge in [0.2, 0.25) is 17.7 Å². The van der Waals surface area contributed by atoms with Gasteiger partial charge < -0.3 is 5.32 Å². The van der Waals surface area contributed by atoms with Crippen LogP contribution in [0.5, 0.6) is 0 Å². The molecule has 5 rings (SSSR count). The van der Waals surface area contributed by atoms with Crippen molar-refractivity contribution in [3.8, 4) is 0 Å². The predicted molar refractivity (Wildman–Crippen MR) is 70.3 cm³/mol. The average Bonchev–Trinajstić information content (AvgIpc) is 2.66. The van der Waals surface area contributed by atoms with E-state index in [0.717, 1.165) is 19.3 Å². The second-order valence-corrected chi connectivity index (χ2v) is 7.34. The molecular weight excluding hydrogens is 256 g/mol. The topological polar surface area (TPSA) is 75.3 Å². The van der Waals surface area contributed by atoms with Gasteiger partial charge in [-0.2, -0.15) is 0 Å². The highest BCUT2D eigenvalue weighted by molar-refractivity contribution is 6.07. The number of carbonyl (C=O) groups is 3. The Morgan fingerprint density at radius 2 is 1.60 bits per heavy atom. The fraction of sp³-hybridized carbons (Fsp3) is 0.800. The molecule has 1 unspecified atom stereocenters. The van der Waals surface area contributed by atoms with Gasteiger partial charge in [0.15, 0.2) is 0 Å². The molecule has 0 aromatic heterocycles. The monoisotopic (exact) mass is 276 g/mol. The van der Waals surface area contributed by atoms with Gasteiger partial charge in [-0.25, -0.2) is 0 Å². The molecule has 4 bridgehead atoms. The minimum Gasteiger partial charge on any atom is -0.343 e. The lowest BCUT2D eigenvalue weighted by Crippen LogP contribution is -2.56. The average molecular weight is 276 g/mol. The van der Waals surface area contributed by atoms with Crippen LogP contribution in [0.15, 0.2) is 0 Å². The van der Waals surface area contributed by atoms with Gasteiger partial charge in [0.1, 0.15) is 6.04 Å². The first-order chi connectivity index (χ1) is 9.54. The molecule has 3 amide bonds. The Hall–Kier alpha value is -1.39. The lowest BCUT2D eigenvalue weighted by Gasteiger charge is -2.55. The van der Waals surface area contributed by atoms with Gasteiger partial charge in [-0.1, -0.05) is 0 Å². The van der Waals surface area contributed by atoms with E-state index in [0.29, 0.717) is 17.8 Å². The predicted octanol–water partition coefficient (Wildman–Crippen LogP) is 0.734. The van der Waals surface area contributed by atoms with Crippen molar-refractivity contribution in [3.63, 3.8) is 0 Å². The van der Waals surface area contributed by atoms with Gasteiger partial charge in [0.25, 0.3) is 0 Å². The third-order valence-corrected chi connectivity index (χ3v) is 5.79. The number of carbonyl (C=O) groups excluding carboxylic acids is 3. The van der Waals surface area contributed by atoms with Gasteiger partial charge in [-0.15, -0.1) is 0 Å². The zero-order valence-electron chi connectivity index (χ0n) is 11.5. The zero-order chi connectivity index (χ0) is 13.9. The van der Waals surface area contributed by atoms with Crippen LogP contribution in [-0.2, 0) is 14.4 Å². The van der Waals surface area contributed by atoms with E-state index in [2.05, 4.69) is 10.6 Å². The van der Waals surface area contributed by atoms with Crippen LogP contribution >= 0.6 is 0 Å². The summed E-state index contributed by atoms with van der Waals surface area (Å²) in [5, 5.41) is 5.10. The van der Waals surface area contributed by atoms with E-state index in [9.17, 15) is 14.4 Å². The molecule has 4 aliphatic carbocycles. The number of amides is 3. The Labute approximate surface area is 117 Å². The van der Waals surface area contributed by atoms with E-state index in [4.69, 9.17) is 0 Å². The highest BCUT2D eigenvalue weighted by Crippen LogP contribution is 2.60. The number of hydrogen-bond acceptors (Lipinski definition) is 3. The summed E-state index contributed by atoms with van der Waals surface area (Å²) in [6, 6.07) is -0.650. The third kappa shape index (κ3) is 1.79. The molecule has 0 aromatic rings. The molecule has 1 atom stereocenters. The maximum atomic E-state index is 12.7. The largest absolute Gasteiger partial charge is 0.343 e. The lowest BCUT2D eigenvalue weighted by molar-refractivity contribution is -0.148. The Kier molecular flexibility index (Phi) is 2.51. The van der Waals surface area contributed by atoms with E-state index in [1.165, 1.54) is 19.3 Å². The molecule has 0 radical (unpaired) electrons.